The number of hydrogen-bond acceptors (Lipinski definition) is 2. The molecule has 0 unspecified atom stereocenters. The van der Waals surface area contributed by atoms with Crippen LogP contribution in [0.5, 0.6) is 0 Å². The second-order valence-electron chi connectivity index (χ2n) is 5.02. The Morgan fingerprint density at radius 2 is 1.88 bits per heavy atom. The zero-order valence-corrected chi connectivity index (χ0v) is 14.0. The quantitative estimate of drug-likeness (QED) is 0.395. The molecule has 3 aromatic carbocycles. The Bertz CT molecular complexity index is 922. The third-order valence-corrected chi connectivity index (χ3v) is 3.84. The highest BCUT2D eigenvalue weighted by Crippen LogP contribution is 2.22. The van der Waals surface area contributed by atoms with Gasteiger partial charge in [-0.05, 0) is 41.4 Å². The van der Waals surface area contributed by atoms with Crippen LogP contribution in [0.15, 0.2) is 65.8 Å². The molecule has 6 heteroatoms. The highest BCUT2D eigenvalue weighted by atomic mass is 35.5. The molecule has 120 valence electrons. The van der Waals surface area contributed by atoms with Crippen LogP contribution in [0.3, 0.4) is 0 Å². The standard InChI is InChI=1S/C18H13ClFN3S/c19-15-10-12(8-9-16(15)20)11-21-23-18(24)22-17-7-3-5-13-4-1-2-6-14(13)17/h1-11H,(H2,22,23,24)/b21-11+. The summed E-state index contributed by atoms with van der Waals surface area (Å²) in [6, 6.07) is 18.3. The number of nitrogens with zero attached hydrogens (tertiary/aromatic N) is 1. The number of hydrogen-bond donors (Lipinski definition) is 2. The number of rotatable bonds is 3. The molecule has 0 saturated heterocycles. The van der Waals surface area contributed by atoms with Crippen molar-refractivity contribution in [2.24, 2.45) is 5.10 Å². The zero-order valence-electron chi connectivity index (χ0n) is 12.5. The Kier molecular flexibility index (Phi) is 5.03. The molecule has 24 heavy (non-hydrogen) atoms. The largest absolute Gasteiger partial charge is 0.331 e. The summed E-state index contributed by atoms with van der Waals surface area (Å²) in [4.78, 5) is 0. The molecule has 0 bridgehead atoms. The Hall–Kier alpha value is -2.50. The molecule has 0 fully saturated rings. The van der Waals surface area contributed by atoms with E-state index >= 15 is 0 Å². The van der Waals surface area contributed by atoms with E-state index in [0.29, 0.717) is 10.7 Å². The number of fused-ring (bicyclic) bond motifs is 1. The van der Waals surface area contributed by atoms with E-state index in [1.54, 1.807) is 6.07 Å². The van der Waals surface area contributed by atoms with Crippen molar-refractivity contribution in [3.63, 3.8) is 0 Å². The minimum absolute atomic E-state index is 0.0513. The van der Waals surface area contributed by atoms with Crippen LogP contribution in [0.2, 0.25) is 5.02 Å². The van der Waals surface area contributed by atoms with Crippen LogP contribution >= 0.6 is 23.8 Å². The first-order valence-corrected chi connectivity index (χ1v) is 7.95. The summed E-state index contributed by atoms with van der Waals surface area (Å²) >= 11 is 11.0. The zero-order chi connectivity index (χ0) is 16.9. The highest BCUT2D eigenvalue weighted by Gasteiger charge is 2.02. The second-order valence-corrected chi connectivity index (χ2v) is 5.84. The molecule has 0 aromatic heterocycles. The molecule has 0 atom stereocenters. The second kappa shape index (κ2) is 7.38. The van der Waals surface area contributed by atoms with Gasteiger partial charge in [-0.3, -0.25) is 5.43 Å². The summed E-state index contributed by atoms with van der Waals surface area (Å²) < 4.78 is 13.1. The summed E-state index contributed by atoms with van der Waals surface area (Å²) in [5, 5.41) is 9.74. The lowest BCUT2D eigenvalue weighted by Crippen LogP contribution is -2.23. The van der Waals surface area contributed by atoms with E-state index in [1.165, 1.54) is 18.3 Å². The predicted molar refractivity (Wildman–Crippen MR) is 102 cm³/mol. The summed E-state index contributed by atoms with van der Waals surface area (Å²) in [6.45, 7) is 0. The average molecular weight is 358 g/mol. The van der Waals surface area contributed by atoms with Crippen LogP contribution in [-0.2, 0) is 0 Å². The fourth-order valence-corrected chi connectivity index (χ4v) is 2.59. The van der Waals surface area contributed by atoms with Crippen molar-refractivity contribution in [2.45, 2.75) is 0 Å². The van der Waals surface area contributed by atoms with Crippen LogP contribution in [0.4, 0.5) is 10.1 Å². The first-order valence-electron chi connectivity index (χ1n) is 7.16. The normalized spacial score (nSPS) is 10.9. The Morgan fingerprint density at radius 3 is 2.71 bits per heavy atom. The maximum absolute atomic E-state index is 13.1. The number of hydrazone groups is 1. The molecule has 0 spiro atoms. The Morgan fingerprint density at radius 1 is 1.08 bits per heavy atom. The molecule has 0 aliphatic heterocycles. The molecule has 0 aliphatic rings. The van der Waals surface area contributed by atoms with Gasteiger partial charge < -0.3 is 5.32 Å². The van der Waals surface area contributed by atoms with Gasteiger partial charge in [-0.15, -0.1) is 0 Å². The van der Waals surface area contributed by atoms with Crippen molar-refractivity contribution in [2.75, 3.05) is 5.32 Å². The van der Waals surface area contributed by atoms with Crippen molar-refractivity contribution < 1.29 is 4.39 Å². The van der Waals surface area contributed by atoms with E-state index in [-0.39, 0.29) is 5.02 Å². The van der Waals surface area contributed by atoms with Gasteiger partial charge in [0, 0.05) is 11.1 Å². The number of thiocarbonyl (C=S) groups is 1. The smallest absolute Gasteiger partial charge is 0.191 e. The summed E-state index contributed by atoms with van der Waals surface area (Å²) in [5.41, 5.74) is 4.29. The third kappa shape index (κ3) is 3.88. The lowest BCUT2D eigenvalue weighted by molar-refractivity contribution is 0.628. The molecule has 0 saturated carbocycles. The molecular formula is C18H13ClFN3S. The summed E-state index contributed by atoms with van der Waals surface area (Å²) in [6.07, 6.45) is 1.52. The summed E-state index contributed by atoms with van der Waals surface area (Å²) in [5.74, 6) is -0.463. The van der Waals surface area contributed by atoms with Gasteiger partial charge in [-0.1, -0.05) is 54.1 Å². The maximum Gasteiger partial charge on any atom is 0.191 e. The summed E-state index contributed by atoms with van der Waals surface area (Å²) in [7, 11) is 0. The lowest BCUT2D eigenvalue weighted by Gasteiger charge is -2.10. The maximum atomic E-state index is 13.1. The van der Waals surface area contributed by atoms with Crippen molar-refractivity contribution in [3.05, 3.63) is 77.1 Å². The van der Waals surface area contributed by atoms with Gasteiger partial charge in [0.1, 0.15) is 5.82 Å². The van der Waals surface area contributed by atoms with Crippen LogP contribution < -0.4 is 10.7 Å². The van der Waals surface area contributed by atoms with Gasteiger partial charge in [0.15, 0.2) is 5.11 Å². The number of nitrogens with one attached hydrogen (secondary N) is 2. The molecule has 0 amide bonds. The molecule has 2 N–H and O–H groups in total. The SMILES string of the molecule is Fc1ccc(/C=N/NC(=S)Nc2cccc3ccccc23)cc1Cl. The van der Waals surface area contributed by atoms with Gasteiger partial charge in [0.05, 0.1) is 11.2 Å². The van der Waals surface area contributed by atoms with Gasteiger partial charge in [0.2, 0.25) is 0 Å². The Labute approximate surface area is 149 Å². The van der Waals surface area contributed by atoms with Gasteiger partial charge >= 0.3 is 0 Å². The van der Waals surface area contributed by atoms with E-state index in [0.717, 1.165) is 16.5 Å². The molecule has 0 heterocycles. The first-order chi connectivity index (χ1) is 11.6. The molecule has 3 aromatic rings. The van der Waals surface area contributed by atoms with Crippen molar-refractivity contribution in [3.8, 4) is 0 Å². The van der Waals surface area contributed by atoms with Crippen LogP contribution in [0.25, 0.3) is 10.8 Å². The van der Waals surface area contributed by atoms with E-state index in [4.69, 9.17) is 23.8 Å². The fourth-order valence-electron chi connectivity index (χ4n) is 2.24. The van der Waals surface area contributed by atoms with E-state index < -0.39 is 5.82 Å². The minimum Gasteiger partial charge on any atom is -0.331 e. The van der Waals surface area contributed by atoms with E-state index in [2.05, 4.69) is 15.8 Å². The fraction of sp³-hybridized carbons (Fsp3) is 0. The predicted octanol–water partition coefficient (Wildman–Crippen LogP) is 4.95. The molecule has 0 aliphatic carbocycles. The molecule has 0 radical (unpaired) electrons. The van der Waals surface area contributed by atoms with Crippen molar-refractivity contribution in [1.82, 2.24) is 5.43 Å². The van der Waals surface area contributed by atoms with Gasteiger partial charge in [-0.25, -0.2) is 4.39 Å². The van der Waals surface area contributed by atoms with Gasteiger partial charge in [0.25, 0.3) is 0 Å². The minimum atomic E-state index is -0.463. The van der Waals surface area contributed by atoms with Crippen molar-refractivity contribution in [1.29, 1.82) is 0 Å². The molecule has 3 nitrogen and oxygen atoms in total. The number of halogens is 2. The van der Waals surface area contributed by atoms with Crippen LogP contribution in [0.1, 0.15) is 5.56 Å². The average Bonchev–Trinajstić information content (AvgIpc) is 2.58. The lowest BCUT2D eigenvalue weighted by atomic mass is 10.1. The third-order valence-electron chi connectivity index (χ3n) is 3.36. The van der Waals surface area contributed by atoms with Crippen molar-refractivity contribution >= 4 is 51.6 Å². The highest BCUT2D eigenvalue weighted by molar-refractivity contribution is 7.80. The first kappa shape index (κ1) is 16.4. The number of anilines is 1. The van der Waals surface area contributed by atoms with Crippen LogP contribution in [0, 0.1) is 5.82 Å². The van der Waals surface area contributed by atoms with E-state index in [9.17, 15) is 4.39 Å². The molecule has 3 rings (SSSR count). The Balaban J connectivity index is 1.67. The van der Waals surface area contributed by atoms with E-state index in [1.807, 2.05) is 42.5 Å². The molecular weight excluding hydrogens is 345 g/mol. The number of benzene rings is 3. The topological polar surface area (TPSA) is 36.4 Å². The van der Waals surface area contributed by atoms with Crippen LogP contribution in [-0.4, -0.2) is 11.3 Å². The monoisotopic (exact) mass is 357 g/mol. The van der Waals surface area contributed by atoms with Gasteiger partial charge in [-0.2, -0.15) is 5.10 Å².